The second kappa shape index (κ2) is 6.04. The summed E-state index contributed by atoms with van der Waals surface area (Å²) in [5, 5.41) is 3.35. The standard InChI is InChI=1S/C16H18F2N2O2/c1-9-11(4-5-19-16(21)14-3-2-6-22-14)12-7-10(17)8-13(18)15(12)20-9/h7-8,14,20H,2-6H2,1H3,(H,19,21). The van der Waals surface area contributed by atoms with Gasteiger partial charge in [-0.3, -0.25) is 4.79 Å². The average molecular weight is 308 g/mol. The molecule has 6 heteroatoms. The lowest BCUT2D eigenvalue weighted by atomic mass is 10.1. The second-order valence-corrected chi connectivity index (χ2v) is 5.58. The molecule has 118 valence electrons. The maximum absolute atomic E-state index is 13.7. The van der Waals surface area contributed by atoms with Crippen LogP contribution in [0.1, 0.15) is 24.1 Å². The molecule has 1 saturated heterocycles. The van der Waals surface area contributed by atoms with E-state index in [1.807, 2.05) is 6.92 Å². The third-order valence-corrected chi connectivity index (χ3v) is 4.04. The summed E-state index contributed by atoms with van der Waals surface area (Å²) in [5.74, 6) is -1.33. The first kappa shape index (κ1) is 15.0. The molecular weight excluding hydrogens is 290 g/mol. The van der Waals surface area contributed by atoms with Gasteiger partial charge in [0.25, 0.3) is 0 Å². The van der Waals surface area contributed by atoms with E-state index in [1.54, 1.807) is 0 Å². The van der Waals surface area contributed by atoms with Gasteiger partial charge in [0.05, 0.1) is 5.52 Å². The highest BCUT2D eigenvalue weighted by Crippen LogP contribution is 2.25. The number of benzene rings is 1. The summed E-state index contributed by atoms with van der Waals surface area (Å²) < 4.78 is 32.4. The van der Waals surface area contributed by atoms with E-state index in [4.69, 9.17) is 4.74 Å². The van der Waals surface area contributed by atoms with Gasteiger partial charge in [-0.2, -0.15) is 0 Å². The fourth-order valence-corrected chi connectivity index (χ4v) is 2.93. The molecule has 1 aromatic carbocycles. The smallest absolute Gasteiger partial charge is 0.249 e. The number of aromatic amines is 1. The Morgan fingerprint density at radius 1 is 1.45 bits per heavy atom. The second-order valence-electron chi connectivity index (χ2n) is 5.58. The minimum atomic E-state index is -0.604. The molecule has 1 aliphatic heterocycles. The lowest BCUT2D eigenvalue weighted by Gasteiger charge is -2.10. The Morgan fingerprint density at radius 3 is 3.00 bits per heavy atom. The summed E-state index contributed by atoms with van der Waals surface area (Å²) in [6.45, 7) is 2.84. The van der Waals surface area contributed by atoms with Crippen LogP contribution in [0.25, 0.3) is 10.9 Å². The van der Waals surface area contributed by atoms with Crippen molar-refractivity contribution in [2.75, 3.05) is 13.2 Å². The van der Waals surface area contributed by atoms with Crippen LogP contribution in [0.2, 0.25) is 0 Å². The zero-order valence-corrected chi connectivity index (χ0v) is 12.3. The molecule has 3 rings (SSSR count). The van der Waals surface area contributed by atoms with Crippen LogP contribution >= 0.6 is 0 Å². The number of hydrogen-bond acceptors (Lipinski definition) is 2. The number of amides is 1. The number of H-pyrrole nitrogens is 1. The van der Waals surface area contributed by atoms with Gasteiger partial charge in [-0.1, -0.05) is 0 Å². The van der Waals surface area contributed by atoms with E-state index < -0.39 is 11.6 Å². The Kier molecular flexibility index (Phi) is 4.11. The molecule has 22 heavy (non-hydrogen) atoms. The van der Waals surface area contributed by atoms with Crippen LogP contribution in [0.15, 0.2) is 12.1 Å². The minimum absolute atomic E-state index is 0.118. The highest BCUT2D eigenvalue weighted by molar-refractivity contribution is 5.85. The van der Waals surface area contributed by atoms with E-state index in [2.05, 4.69) is 10.3 Å². The zero-order chi connectivity index (χ0) is 15.7. The highest BCUT2D eigenvalue weighted by atomic mass is 19.1. The predicted octanol–water partition coefficient (Wildman–Crippen LogP) is 2.59. The van der Waals surface area contributed by atoms with Gasteiger partial charge in [-0.05, 0) is 37.8 Å². The van der Waals surface area contributed by atoms with Crippen LogP contribution in [-0.4, -0.2) is 30.1 Å². The van der Waals surface area contributed by atoms with Crippen LogP contribution in [0, 0.1) is 18.6 Å². The van der Waals surface area contributed by atoms with Gasteiger partial charge in [-0.15, -0.1) is 0 Å². The van der Waals surface area contributed by atoms with Crippen LogP contribution in [-0.2, 0) is 16.0 Å². The number of fused-ring (bicyclic) bond motifs is 1. The largest absolute Gasteiger partial charge is 0.368 e. The molecule has 2 heterocycles. The molecule has 1 fully saturated rings. The van der Waals surface area contributed by atoms with Crippen LogP contribution in [0.4, 0.5) is 8.78 Å². The number of aryl methyl sites for hydroxylation is 1. The first-order valence-electron chi connectivity index (χ1n) is 7.42. The van der Waals surface area contributed by atoms with Crippen molar-refractivity contribution in [2.24, 2.45) is 0 Å². The summed E-state index contributed by atoms with van der Waals surface area (Å²) in [6, 6.07) is 2.18. The Labute approximate surface area is 126 Å². The summed E-state index contributed by atoms with van der Waals surface area (Å²) in [5.41, 5.74) is 1.91. The topological polar surface area (TPSA) is 54.1 Å². The third-order valence-electron chi connectivity index (χ3n) is 4.04. The summed E-state index contributed by atoms with van der Waals surface area (Å²) in [6.07, 6.45) is 1.79. The summed E-state index contributed by atoms with van der Waals surface area (Å²) in [4.78, 5) is 14.8. The fourth-order valence-electron chi connectivity index (χ4n) is 2.93. The van der Waals surface area contributed by atoms with E-state index in [0.29, 0.717) is 30.5 Å². The van der Waals surface area contributed by atoms with Crippen molar-refractivity contribution in [2.45, 2.75) is 32.3 Å². The SMILES string of the molecule is Cc1[nH]c2c(F)cc(F)cc2c1CCNC(=O)C1CCCO1. The summed E-state index contributed by atoms with van der Waals surface area (Å²) >= 11 is 0. The Bertz CT molecular complexity index is 706. The number of rotatable bonds is 4. The lowest BCUT2D eigenvalue weighted by molar-refractivity contribution is -0.129. The monoisotopic (exact) mass is 308 g/mol. The zero-order valence-electron chi connectivity index (χ0n) is 12.3. The Hall–Kier alpha value is -1.95. The number of hydrogen-bond donors (Lipinski definition) is 2. The van der Waals surface area contributed by atoms with Crippen molar-refractivity contribution in [1.29, 1.82) is 0 Å². The van der Waals surface area contributed by atoms with Gasteiger partial charge in [0.1, 0.15) is 17.7 Å². The maximum atomic E-state index is 13.7. The molecule has 1 unspecified atom stereocenters. The Morgan fingerprint density at radius 2 is 2.27 bits per heavy atom. The summed E-state index contributed by atoms with van der Waals surface area (Å²) in [7, 11) is 0. The molecule has 1 aliphatic rings. The molecule has 4 nitrogen and oxygen atoms in total. The quantitative estimate of drug-likeness (QED) is 0.912. The van der Waals surface area contributed by atoms with Crippen molar-refractivity contribution in [3.8, 4) is 0 Å². The number of ether oxygens (including phenoxy) is 1. The van der Waals surface area contributed by atoms with Crippen molar-refractivity contribution < 1.29 is 18.3 Å². The van der Waals surface area contributed by atoms with Crippen molar-refractivity contribution in [3.05, 3.63) is 35.0 Å². The minimum Gasteiger partial charge on any atom is -0.368 e. The fraction of sp³-hybridized carbons (Fsp3) is 0.438. The van der Waals surface area contributed by atoms with Gasteiger partial charge >= 0.3 is 0 Å². The normalized spacial score (nSPS) is 18.0. The molecule has 1 aromatic heterocycles. The van der Waals surface area contributed by atoms with Gasteiger partial charge < -0.3 is 15.0 Å². The van der Waals surface area contributed by atoms with Gasteiger partial charge in [0, 0.05) is 30.3 Å². The molecule has 1 atom stereocenters. The number of nitrogens with one attached hydrogen (secondary N) is 2. The molecule has 0 spiro atoms. The van der Waals surface area contributed by atoms with E-state index in [0.717, 1.165) is 30.2 Å². The predicted molar refractivity (Wildman–Crippen MR) is 78.6 cm³/mol. The molecular formula is C16H18F2N2O2. The van der Waals surface area contributed by atoms with Gasteiger partial charge in [0.2, 0.25) is 5.91 Å². The highest BCUT2D eigenvalue weighted by Gasteiger charge is 2.23. The number of carbonyl (C=O) groups is 1. The van der Waals surface area contributed by atoms with Crippen molar-refractivity contribution in [1.82, 2.24) is 10.3 Å². The van der Waals surface area contributed by atoms with Gasteiger partial charge in [-0.25, -0.2) is 8.78 Å². The van der Waals surface area contributed by atoms with E-state index >= 15 is 0 Å². The number of aromatic nitrogens is 1. The van der Waals surface area contributed by atoms with Gasteiger partial charge in [0.15, 0.2) is 0 Å². The molecule has 1 amide bonds. The van der Waals surface area contributed by atoms with E-state index in [9.17, 15) is 13.6 Å². The molecule has 0 radical (unpaired) electrons. The number of carbonyl (C=O) groups excluding carboxylic acids is 1. The molecule has 2 N–H and O–H groups in total. The number of halogens is 2. The lowest BCUT2D eigenvalue weighted by Crippen LogP contribution is -2.35. The van der Waals surface area contributed by atoms with E-state index in [-0.39, 0.29) is 12.0 Å². The molecule has 2 aromatic rings. The van der Waals surface area contributed by atoms with Crippen molar-refractivity contribution >= 4 is 16.8 Å². The Balaban J connectivity index is 1.71. The first-order valence-corrected chi connectivity index (χ1v) is 7.42. The third kappa shape index (κ3) is 2.83. The first-order chi connectivity index (χ1) is 10.6. The van der Waals surface area contributed by atoms with E-state index in [1.165, 1.54) is 6.07 Å². The van der Waals surface area contributed by atoms with Crippen LogP contribution < -0.4 is 5.32 Å². The maximum Gasteiger partial charge on any atom is 0.249 e. The molecule has 0 aliphatic carbocycles. The molecule has 0 saturated carbocycles. The van der Waals surface area contributed by atoms with Crippen LogP contribution in [0.3, 0.4) is 0 Å². The average Bonchev–Trinajstić information content (AvgIpc) is 3.09. The molecule has 0 bridgehead atoms. The van der Waals surface area contributed by atoms with Crippen molar-refractivity contribution in [3.63, 3.8) is 0 Å². The van der Waals surface area contributed by atoms with Crippen LogP contribution in [0.5, 0.6) is 0 Å².